The van der Waals surface area contributed by atoms with E-state index in [0.717, 1.165) is 19.5 Å². The van der Waals surface area contributed by atoms with Gasteiger partial charge < -0.3 is 5.32 Å². The second-order valence-electron chi connectivity index (χ2n) is 3.46. The van der Waals surface area contributed by atoms with Gasteiger partial charge in [-0.25, -0.2) is 4.39 Å². The third-order valence-electron chi connectivity index (χ3n) is 2.45. The molecule has 0 bridgehead atoms. The highest BCUT2D eigenvalue weighted by molar-refractivity contribution is 5.02. The smallest absolute Gasteiger partial charge is 0.118 e. The van der Waals surface area contributed by atoms with Crippen molar-refractivity contribution < 1.29 is 4.39 Å². The number of nitrogens with one attached hydrogen (secondary N) is 1. The number of hydrogen-bond donors (Lipinski definition) is 1. The zero-order valence-electron chi connectivity index (χ0n) is 7.54. The molecule has 1 atom stereocenters. The van der Waals surface area contributed by atoms with E-state index in [9.17, 15) is 4.39 Å². The summed E-state index contributed by atoms with van der Waals surface area (Å²) < 4.78 is 14.1. The molecule has 3 nitrogen and oxygen atoms in total. The van der Waals surface area contributed by atoms with Crippen LogP contribution in [0.1, 0.15) is 24.4 Å². The monoisotopic (exact) mass is 183 g/mol. The standard InChI is InChI=1S/C9H14FN3/c10-4-8-5-12-13(7-8)9-2-1-3-11-6-9/h5,7,9,11H,1-4,6H2. The summed E-state index contributed by atoms with van der Waals surface area (Å²) in [5.74, 6) is 0. The molecule has 1 N–H and O–H groups in total. The van der Waals surface area contributed by atoms with E-state index in [0.29, 0.717) is 11.6 Å². The highest BCUT2D eigenvalue weighted by Crippen LogP contribution is 2.16. The van der Waals surface area contributed by atoms with Gasteiger partial charge in [0.1, 0.15) is 6.67 Å². The summed E-state index contributed by atoms with van der Waals surface area (Å²) in [4.78, 5) is 0. The van der Waals surface area contributed by atoms with E-state index in [4.69, 9.17) is 0 Å². The minimum absolute atomic E-state index is 0.411. The number of rotatable bonds is 2. The Balaban J connectivity index is 2.05. The molecule has 1 saturated heterocycles. The van der Waals surface area contributed by atoms with Gasteiger partial charge in [-0.15, -0.1) is 0 Å². The average Bonchev–Trinajstić information content (AvgIpc) is 2.67. The van der Waals surface area contributed by atoms with E-state index in [1.807, 2.05) is 4.68 Å². The van der Waals surface area contributed by atoms with Crippen LogP contribution < -0.4 is 5.32 Å². The van der Waals surface area contributed by atoms with Gasteiger partial charge in [0, 0.05) is 18.3 Å². The summed E-state index contributed by atoms with van der Waals surface area (Å²) in [7, 11) is 0. The molecule has 1 aromatic heterocycles. The molecule has 1 unspecified atom stereocenters. The Morgan fingerprint density at radius 2 is 2.62 bits per heavy atom. The van der Waals surface area contributed by atoms with Crippen LogP contribution in [0.25, 0.3) is 0 Å². The van der Waals surface area contributed by atoms with Crippen molar-refractivity contribution in [1.82, 2.24) is 15.1 Å². The Morgan fingerprint density at radius 3 is 3.23 bits per heavy atom. The van der Waals surface area contributed by atoms with Crippen molar-refractivity contribution in [3.05, 3.63) is 18.0 Å². The quantitative estimate of drug-likeness (QED) is 0.748. The maximum atomic E-state index is 12.2. The fourth-order valence-electron chi connectivity index (χ4n) is 1.71. The number of nitrogens with zero attached hydrogens (tertiary/aromatic N) is 2. The summed E-state index contributed by atoms with van der Waals surface area (Å²) in [6.45, 7) is 1.63. The maximum Gasteiger partial charge on any atom is 0.118 e. The Kier molecular flexibility index (Phi) is 2.59. The molecule has 0 aromatic carbocycles. The van der Waals surface area contributed by atoms with Gasteiger partial charge in [0.25, 0.3) is 0 Å². The number of aromatic nitrogens is 2. The van der Waals surface area contributed by atoms with Gasteiger partial charge in [-0.3, -0.25) is 4.68 Å². The molecular formula is C9H14FN3. The van der Waals surface area contributed by atoms with Gasteiger partial charge in [-0.05, 0) is 19.4 Å². The molecule has 0 radical (unpaired) electrons. The summed E-state index contributed by atoms with van der Waals surface area (Å²) >= 11 is 0. The van der Waals surface area contributed by atoms with Crippen LogP contribution in [-0.2, 0) is 6.67 Å². The van der Waals surface area contributed by atoms with Crippen molar-refractivity contribution in [2.24, 2.45) is 0 Å². The van der Waals surface area contributed by atoms with Gasteiger partial charge in [-0.2, -0.15) is 5.10 Å². The third kappa shape index (κ3) is 1.88. The molecule has 1 aliphatic rings. The lowest BCUT2D eigenvalue weighted by atomic mass is 10.1. The molecule has 1 fully saturated rings. The SMILES string of the molecule is FCc1cnn(C2CCCNC2)c1. The number of hydrogen-bond acceptors (Lipinski definition) is 2. The first-order valence-electron chi connectivity index (χ1n) is 4.70. The van der Waals surface area contributed by atoms with E-state index in [2.05, 4.69) is 10.4 Å². The largest absolute Gasteiger partial charge is 0.315 e. The Hall–Kier alpha value is -0.900. The minimum Gasteiger partial charge on any atom is -0.315 e. The van der Waals surface area contributed by atoms with Gasteiger partial charge >= 0.3 is 0 Å². The van der Waals surface area contributed by atoms with E-state index in [1.165, 1.54) is 6.42 Å². The Morgan fingerprint density at radius 1 is 1.69 bits per heavy atom. The van der Waals surface area contributed by atoms with Gasteiger partial charge in [-0.1, -0.05) is 0 Å². The van der Waals surface area contributed by atoms with Gasteiger partial charge in [0.2, 0.25) is 0 Å². The Labute approximate surface area is 76.9 Å². The lowest BCUT2D eigenvalue weighted by Gasteiger charge is -2.22. The molecule has 0 amide bonds. The molecule has 13 heavy (non-hydrogen) atoms. The van der Waals surface area contributed by atoms with E-state index in [1.54, 1.807) is 12.4 Å². The maximum absolute atomic E-state index is 12.2. The molecule has 0 spiro atoms. The average molecular weight is 183 g/mol. The van der Waals surface area contributed by atoms with Crippen molar-refractivity contribution in [3.63, 3.8) is 0 Å². The topological polar surface area (TPSA) is 29.9 Å². The van der Waals surface area contributed by atoms with Gasteiger partial charge in [0.05, 0.1) is 12.2 Å². The van der Waals surface area contributed by atoms with Gasteiger partial charge in [0.15, 0.2) is 0 Å². The van der Waals surface area contributed by atoms with Crippen LogP contribution in [0.2, 0.25) is 0 Å². The molecular weight excluding hydrogens is 169 g/mol. The van der Waals surface area contributed by atoms with Crippen LogP contribution in [0.5, 0.6) is 0 Å². The predicted octanol–water partition coefficient (Wildman–Crippen LogP) is 1.28. The lowest BCUT2D eigenvalue weighted by Crippen LogP contribution is -2.31. The lowest BCUT2D eigenvalue weighted by molar-refractivity contribution is 0.346. The minimum atomic E-state index is -0.417. The zero-order chi connectivity index (χ0) is 9.10. The normalized spacial score (nSPS) is 23.3. The highest BCUT2D eigenvalue weighted by Gasteiger charge is 2.15. The molecule has 2 heterocycles. The van der Waals surface area contributed by atoms with Crippen molar-refractivity contribution in [2.45, 2.75) is 25.6 Å². The summed E-state index contributed by atoms with van der Waals surface area (Å²) in [6.07, 6.45) is 5.72. The number of piperidine rings is 1. The fraction of sp³-hybridized carbons (Fsp3) is 0.667. The number of alkyl halides is 1. The van der Waals surface area contributed by atoms with Crippen LogP contribution in [0.4, 0.5) is 4.39 Å². The summed E-state index contributed by atoms with van der Waals surface area (Å²) in [5.41, 5.74) is 0.672. The molecule has 0 saturated carbocycles. The first-order valence-corrected chi connectivity index (χ1v) is 4.70. The van der Waals surface area contributed by atoms with Crippen LogP contribution in [0.15, 0.2) is 12.4 Å². The van der Waals surface area contributed by atoms with E-state index >= 15 is 0 Å². The van der Waals surface area contributed by atoms with E-state index in [-0.39, 0.29) is 0 Å². The molecule has 1 aromatic rings. The van der Waals surface area contributed by atoms with Crippen molar-refractivity contribution in [3.8, 4) is 0 Å². The predicted molar refractivity (Wildman–Crippen MR) is 48.2 cm³/mol. The second kappa shape index (κ2) is 3.87. The van der Waals surface area contributed by atoms with Crippen LogP contribution in [0.3, 0.4) is 0 Å². The van der Waals surface area contributed by atoms with Crippen molar-refractivity contribution in [1.29, 1.82) is 0 Å². The molecule has 4 heteroatoms. The molecule has 2 rings (SSSR count). The first kappa shape index (κ1) is 8.69. The molecule has 0 aliphatic carbocycles. The Bertz CT molecular complexity index is 266. The van der Waals surface area contributed by atoms with Crippen molar-refractivity contribution in [2.75, 3.05) is 13.1 Å². The third-order valence-corrected chi connectivity index (χ3v) is 2.45. The molecule has 72 valence electrons. The van der Waals surface area contributed by atoms with Crippen LogP contribution >= 0.6 is 0 Å². The molecule has 1 aliphatic heterocycles. The number of halogens is 1. The highest BCUT2D eigenvalue weighted by atomic mass is 19.1. The first-order chi connectivity index (χ1) is 6.40. The van der Waals surface area contributed by atoms with Crippen molar-refractivity contribution >= 4 is 0 Å². The fourth-order valence-corrected chi connectivity index (χ4v) is 1.71. The van der Waals surface area contributed by atoms with Crippen LogP contribution in [-0.4, -0.2) is 22.9 Å². The summed E-state index contributed by atoms with van der Waals surface area (Å²) in [6, 6.07) is 0.411. The zero-order valence-corrected chi connectivity index (χ0v) is 7.54. The van der Waals surface area contributed by atoms with E-state index < -0.39 is 6.67 Å². The summed E-state index contributed by atoms with van der Waals surface area (Å²) in [5, 5.41) is 7.45. The van der Waals surface area contributed by atoms with Crippen LogP contribution in [0, 0.1) is 0 Å². The second-order valence-corrected chi connectivity index (χ2v) is 3.46.